The lowest BCUT2D eigenvalue weighted by atomic mass is 10.1. The molecular weight excluding hydrogens is 404 g/mol. The van der Waals surface area contributed by atoms with E-state index in [1.165, 1.54) is 0 Å². The molecule has 0 radical (unpaired) electrons. The minimum absolute atomic E-state index is 0.0613. The summed E-state index contributed by atoms with van der Waals surface area (Å²) >= 11 is 0. The predicted octanol–water partition coefficient (Wildman–Crippen LogP) is 4.37. The second-order valence-corrected chi connectivity index (χ2v) is 7.98. The van der Waals surface area contributed by atoms with E-state index in [0.717, 1.165) is 34.2 Å². The van der Waals surface area contributed by atoms with Gasteiger partial charge in [-0.2, -0.15) is 0 Å². The van der Waals surface area contributed by atoms with Gasteiger partial charge in [0.2, 0.25) is 0 Å². The molecule has 1 N–H and O–H groups in total. The fourth-order valence-electron chi connectivity index (χ4n) is 3.97. The molecule has 0 aliphatic carbocycles. The minimum Gasteiger partial charge on any atom is -0.496 e. The Morgan fingerprint density at radius 3 is 2.69 bits per heavy atom. The summed E-state index contributed by atoms with van der Waals surface area (Å²) in [5, 5.41) is 3.34. The van der Waals surface area contributed by atoms with Crippen molar-refractivity contribution in [1.82, 2.24) is 14.9 Å². The average molecular weight is 433 g/mol. The molecule has 4 rings (SSSR count). The number of anilines is 2. The maximum Gasteiger partial charge on any atom is 0.257 e. The molecule has 0 unspecified atom stereocenters. The van der Waals surface area contributed by atoms with Crippen LogP contribution in [0.25, 0.3) is 0 Å². The van der Waals surface area contributed by atoms with E-state index in [1.54, 1.807) is 13.2 Å². The normalized spacial score (nSPS) is 16.0. The first-order valence-corrected chi connectivity index (χ1v) is 10.7. The molecule has 1 fully saturated rings. The third kappa shape index (κ3) is 4.73. The standard InChI is InChI=1S/C25H28N4O3/c1-16-7-5-9-20(24(16)31-4)25(30)29-11-12-32-22(15-29)21-14-19(13-18(3)26-21)28-23-10-6-8-17(2)27-23/h5-10,13-14,22H,11-12,15H2,1-4H3,(H,26,27,28)/t22-/m1/s1. The van der Waals surface area contributed by atoms with Crippen LogP contribution >= 0.6 is 0 Å². The number of ether oxygens (including phenoxy) is 2. The maximum atomic E-state index is 13.3. The van der Waals surface area contributed by atoms with Crippen LogP contribution in [-0.4, -0.2) is 47.6 Å². The van der Waals surface area contributed by atoms with E-state index in [0.29, 0.717) is 31.0 Å². The number of nitrogens with zero attached hydrogens (tertiary/aromatic N) is 3. The summed E-state index contributed by atoms with van der Waals surface area (Å²) in [5.74, 6) is 1.33. The number of para-hydroxylation sites is 1. The van der Waals surface area contributed by atoms with E-state index < -0.39 is 0 Å². The Bertz CT molecular complexity index is 1130. The zero-order chi connectivity index (χ0) is 22.7. The largest absolute Gasteiger partial charge is 0.496 e. The van der Waals surface area contributed by atoms with Gasteiger partial charge in [-0.15, -0.1) is 0 Å². The molecule has 3 heterocycles. The van der Waals surface area contributed by atoms with Gasteiger partial charge >= 0.3 is 0 Å². The zero-order valence-electron chi connectivity index (χ0n) is 18.9. The summed E-state index contributed by atoms with van der Waals surface area (Å²) in [6.45, 7) is 7.24. The van der Waals surface area contributed by atoms with Gasteiger partial charge in [0.1, 0.15) is 17.7 Å². The van der Waals surface area contributed by atoms with Crippen molar-refractivity contribution in [3.05, 3.63) is 76.7 Å². The molecular formula is C25H28N4O3. The first kappa shape index (κ1) is 21.8. The van der Waals surface area contributed by atoms with Crippen LogP contribution in [0.2, 0.25) is 0 Å². The van der Waals surface area contributed by atoms with Gasteiger partial charge in [-0.25, -0.2) is 4.98 Å². The van der Waals surface area contributed by atoms with Crippen LogP contribution in [0.1, 0.15) is 39.1 Å². The first-order chi connectivity index (χ1) is 15.4. The van der Waals surface area contributed by atoms with Gasteiger partial charge in [0.25, 0.3) is 5.91 Å². The van der Waals surface area contributed by atoms with Gasteiger partial charge in [-0.3, -0.25) is 9.78 Å². The summed E-state index contributed by atoms with van der Waals surface area (Å²) in [6.07, 6.45) is -0.311. The maximum absolute atomic E-state index is 13.3. The third-order valence-corrected chi connectivity index (χ3v) is 5.46. The molecule has 2 aromatic heterocycles. The summed E-state index contributed by atoms with van der Waals surface area (Å²) in [5.41, 5.74) is 4.98. The van der Waals surface area contributed by atoms with E-state index in [2.05, 4.69) is 15.3 Å². The Morgan fingerprint density at radius 2 is 1.91 bits per heavy atom. The number of nitrogens with one attached hydrogen (secondary N) is 1. The van der Waals surface area contributed by atoms with Crippen molar-refractivity contribution >= 4 is 17.4 Å². The van der Waals surface area contributed by atoms with Gasteiger partial charge in [-0.1, -0.05) is 18.2 Å². The van der Waals surface area contributed by atoms with E-state index in [4.69, 9.17) is 9.47 Å². The number of carbonyl (C=O) groups is 1. The number of carbonyl (C=O) groups excluding carboxylic acids is 1. The summed E-state index contributed by atoms with van der Waals surface area (Å²) in [6, 6.07) is 15.4. The summed E-state index contributed by atoms with van der Waals surface area (Å²) < 4.78 is 11.5. The zero-order valence-corrected chi connectivity index (χ0v) is 18.9. The van der Waals surface area contributed by atoms with Crippen molar-refractivity contribution in [2.24, 2.45) is 0 Å². The van der Waals surface area contributed by atoms with E-state index in [1.807, 2.05) is 68.1 Å². The molecule has 32 heavy (non-hydrogen) atoms. The van der Waals surface area contributed by atoms with Crippen LogP contribution in [0.5, 0.6) is 5.75 Å². The lowest BCUT2D eigenvalue weighted by Crippen LogP contribution is -2.42. The number of aromatic nitrogens is 2. The van der Waals surface area contributed by atoms with E-state index in [9.17, 15) is 4.79 Å². The fourth-order valence-corrected chi connectivity index (χ4v) is 3.97. The number of pyridine rings is 2. The molecule has 7 nitrogen and oxygen atoms in total. The van der Waals surface area contributed by atoms with Crippen LogP contribution in [0.15, 0.2) is 48.5 Å². The lowest BCUT2D eigenvalue weighted by molar-refractivity contribution is -0.0248. The molecule has 1 amide bonds. The Balaban J connectivity index is 1.55. The first-order valence-electron chi connectivity index (χ1n) is 10.7. The Labute approximate surface area is 188 Å². The summed E-state index contributed by atoms with van der Waals surface area (Å²) in [4.78, 5) is 24.3. The van der Waals surface area contributed by atoms with E-state index >= 15 is 0 Å². The number of amides is 1. The molecule has 3 aromatic rings. The number of rotatable bonds is 5. The second-order valence-electron chi connectivity index (χ2n) is 7.98. The van der Waals surface area contributed by atoms with Crippen LogP contribution < -0.4 is 10.1 Å². The van der Waals surface area contributed by atoms with Crippen molar-refractivity contribution in [3.63, 3.8) is 0 Å². The Kier molecular flexibility index (Phi) is 6.37. The minimum atomic E-state index is -0.311. The quantitative estimate of drug-likeness (QED) is 0.645. The van der Waals surface area contributed by atoms with Gasteiger partial charge < -0.3 is 19.7 Å². The highest BCUT2D eigenvalue weighted by molar-refractivity contribution is 5.97. The molecule has 1 aliphatic rings. The van der Waals surface area contributed by atoms with Crippen molar-refractivity contribution < 1.29 is 14.3 Å². The number of benzene rings is 1. The number of aryl methyl sites for hydroxylation is 3. The highest BCUT2D eigenvalue weighted by Crippen LogP contribution is 2.29. The number of hydrogen-bond acceptors (Lipinski definition) is 6. The average Bonchev–Trinajstić information content (AvgIpc) is 2.78. The van der Waals surface area contributed by atoms with Crippen LogP contribution in [0.4, 0.5) is 11.5 Å². The highest BCUT2D eigenvalue weighted by atomic mass is 16.5. The van der Waals surface area contributed by atoms with Gasteiger partial charge in [-0.05, 0) is 56.7 Å². The van der Waals surface area contributed by atoms with Gasteiger partial charge in [0.05, 0.1) is 31.5 Å². The molecule has 1 aromatic carbocycles. The highest BCUT2D eigenvalue weighted by Gasteiger charge is 2.29. The number of hydrogen-bond donors (Lipinski definition) is 1. The van der Waals surface area contributed by atoms with Crippen molar-refractivity contribution in [1.29, 1.82) is 0 Å². The molecule has 1 atom stereocenters. The van der Waals surface area contributed by atoms with Crippen molar-refractivity contribution in [2.45, 2.75) is 26.9 Å². The predicted molar refractivity (Wildman–Crippen MR) is 124 cm³/mol. The van der Waals surface area contributed by atoms with Crippen molar-refractivity contribution in [2.75, 3.05) is 32.1 Å². The molecule has 7 heteroatoms. The SMILES string of the molecule is COc1c(C)cccc1C(=O)N1CCO[C@@H](c2cc(Nc3cccc(C)n3)cc(C)n2)C1. The fraction of sp³-hybridized carbons (Fsp3) is 0.320. The molecule has 0 bridgehead atoms. The van der Waals surface area contributed by atoms with Crippen LogP contribution in [0, 0.1) is 20.8 Å². The topological polar surface area (TPSA) is 76.6 Å². The molecule has 166 valence electrons. The Hall–Kier alpha value is -3.45. The van der Waals surface area contributed by atoms with Crippen LogP contribution in [-0.2, 0) is 4.74 Å². The molecule has 0 saturated carbocycles. The van der Waals surface area contributed by atoms with Gasteiger partial charge in [0.15, 0.2) is 0 Å². The molecule has 1 saturated heterocycles. The third-order valence-electron chi connectivity index (χ3n) is 5.46. The summed E-state index contributed by atoms with van der Waals surface area (Å²) in [7, 11) is 1.59. The number of methoxy groups -OCH3 is 1. The molecule has 1 aliphatic heterocycles. The molecule has 0 spiro atoms. The van der Waals surface area contributed by atoms with E-state index in [-0.39, 0.29) is 12.0 Å². The lowest BCUT2D eigenvalue weighted by Gasteiger charge is -2.33. The Morgan fingerprint density at radius 1 is 1.09 bits per heavy atom. The smallest absolute Gasteiger partial charge is 0.257 e. The monoisotopic (exact) mass is 432 g/mol. The second kappa shape index (κ2) is 9.36. The van der Waals surface area contributed by atoms with Crippen molar-refractivity contribution in [3.8, 4) is 5.75 Å². The van der Waals surface area contributed by atoms with Gasteiger partial charge in [0, 0.05) is 23.6 Å². The number of morpholine rings is 1. The van der Waals surface area contributed by atoms with Crippen LogP contribution in [0.3, 0.4) is 0 Å².